The Labute approximate surface area is 170 Å². The van der Waals surface area contributed by atoms with E-state index >= 15 is 0 Å². The molecular formula is C20H28N4O3S. The normalized spacial score (nSPS) is 12.0. The van der Waals surface area contributed by atoms with Crippen LogP contribution in [0.15, 0.2) is 34.9 Å². The first kappa shape index (κ1) is 22.0. The maximum absolute atomic E-state index is 12.2. The van der Waals surface area contributed by atoms with E-state index in [1.54, 1.807) is 19.9 Å². The van der Waals surface area contributed by atoms with Crippen LogP contribution in [0.4, 0.5) is 11.5 Å². The second kappa shape index (κ2) is 10.9. The van der Waals surface area contributed by atoms with E-state index in [9.17, 15) is 9.59 Å². The van der Waals surface area contributed by atoms with Crippen LogP contribution in [-0.2, 0) is 16.1 Å². The first-order valence-electron chi connectivity index (χ1n) is 9.38. The molecule has 0 radical (unpaired) electrons. The molecule has 1 unspecified atom stereocenters. The zero-order valence-electron chi connectivity index (χ0n) is 16.8. The number of carbonyl (C=O) groups excluding carboxylic acids is 2. The van der Waals surface area contributed by atoms with Gasteiger partial charge in [-0.3, -0.25) is 14.5 Å². The highest BCUT2D eigenvalue weighted by Gasteiger charge is 2.17. The zero-order valence-corrected chi connectivity index (χ0v) is 17.6. The van der Waals surface area contributed by atoms with Crippen LogP contribution in [0.1, 0.15) is 32.1 Å². The minimum absolute atomic E-state index is 0.137. The summed E-state index contributed by atoms with van der Waals surface area (Å²) in [4.78, 5) is 26.7. The number of benzene rings is 1. The molecule has 0 bridgehead atoms. The Morgan fingerprint density at radius 3 is 2.61 bits per heavy atom. The van der Waals surface area contributed by atoms with Crippen molar-refractivity contribution in [3.63, 3.8) is 0 Å². The molecule has 8 heteroatoms. The van der Waals surface area contributed by atoms with Crippen molar-refractivity contribution in [1.82, 2.24) is 10.1 Å². The Morgan fingerprint density at radius 2 is 1.96 bits per heavy atom. The Balaban J connectivity index is 1.80. The lowest BCUT2D eigenvalue weighted by molar-refractivity contribution is -0.115. The smallest absolute Gasteiger partial charge is 0.238 e. The summed E-state index contributed by atoms with van der Waals surface area (Å²) in [5, 5.41) is 8.91. The fraction of sp³-hybridized carbons (Fsp3) is 0.450. The lowest BCUT2D eigenvalue weighted by Crippen LogP contribution is -2.25. The fourth-order valence-corrected chi connectivity index (χ4v) is 3.26. The summed E-state index contributed by atoms with van der Waals surface area (Å²) in [5.41, 5.74) is 1.93. The average Bonchev–Trinajstić information content (AvgIpc) is 3.09. The number of aromatic nitrogens is 1. The quantitative estimate of drug-likeness (QED) is 0.630. The number of hydrogen-bond donors (Lipinski definition) is 2. The Bertz CT molecular complexity index is 789. The molecule has 0 aliphatic heterocycles. The van der Waals surface area contributed by atoms with Gasteiger partial charge in [0.2, 0.25) is 11.8 Å². The minimum atomic E-state index is -0.392. The predicted molar refractivity (Wildman–Crippen MR) is 113 cm³/mol. The van der Waals surface area contributed by atoms with Crippen molar-refractivity contribution in [2.45, 2.75) is 39.5 Å². The molecule has 2 rings (SSSR count). The summed E-state index contributed by atoms with van der Waals surface area (Å²) < 4.78 is 4.92. The molecule has 7 nitrogen and oxygen atoms in total. The summed E-state index contributed by atoms with van der Waals surface area (Å²) in [6, 6.07) is 9.51. The van der Waals surface area contributed by atoms with E-state index < -0.39 is 5.25 Å². The SMILES string of the molecule is CCN(CC)Cc1cccc(NC(=O)CSC(C)C(=O)Nc2cc(C)on2)c1. The summed E-state index contributed by atoms with van der Waals surface area (Å²) in [7, 11) is 0. The molecule has 0 saturated carbocycles. The van der Waals surface area contributed by atoms with Crippen molar-refractivity contribution in [2.75, 3.05) is 29.5 Å². The van der Waals surface area contributed by atoms with Gasteiger partial charge in [0.05, 0.1) is 11.0 Å². The number of rotatable bonds is 10. The standard InChI is InChI=1S/C20H28N4O3S/c1-5-24(6-2)12-16-8-7-9-17(11-16)21-19(25)13-28-15(4)20(26)22-18-10-14(3)27-23-18/h7-11,15H,5-6,12-13H2,1-4H3,(H,21,25)(H,22,23,26). The van der Waals surface area contributed by atoms with Crippen molar-refractivity contribution in [3.05, 3.63) is 41.7 Å². The molecule has 1 aromatic heterocycles. The zero-order chi connectivity index (χ0) is 20.5. The van der Waals surface area contributed by atoms with Crippen LogP contribution in [0.2, 0.25) is 0 Å². The van der Waals surface area contributed by atoms with E-state index in [-0.39, 0.29) is 17.6 Å². The molecule has 2 amide bonds. The molecule has 28 heavy (non-hydrogen) atoms. The first-order chi connectivity index (χ1) is 13.4. The van der Waals surface area contributed by atoms with Gasteiger partial charge in [-0.2, -0.15) is 0 Å². The van der Waals surface area contributed by atoms with E-state index in [0.717, 1.165) is 30.9 Å². The lowest BCUT2D eigenvalue weighted by Gasteiger charge is -2.18. The van der Waals surface area contributed by atoms with Crippen molar-refractivity contribution in [2.24, 2.45) is 0 Å². The monoisotopic (exact) mass is 404 g/mol. The van der Waals surface area contributed by atoms with E-state index in [2.05, 4.69) is 40.6 Å². The predicted octanol–water partition coefficient (Wildman–Crippen LogP) is 3.52. The van der Waals surface area contributed by atoms with Crippen LogP contribution in [0.3, 0.4) is 0 Å². The van der Waals surface area contributed by atoms with E-state index in [1.165, 1.54) is 11.8 Å². The molecule has 2 aromatic rings. The highest BCUT2D eigenvalue weighted by molar-refractivity contribution is 8.01. The topological polar surface area (TPSA) is 87.5 Å². The third-order valence-electron chi connectivity index (χ3n) is 4.22. The Hall–Kier alpha value is -2.32. The van der Waals surface area contributed by atoms with Crippen LogP contribution in [0.5, 0.6) is 0 Å². The van der Waals surface area contributed by atoms with Gasteiger partial charge >= 0.3 is 0 Å². The maximum Gasteiger partial charge on any atom is 0.238 e. The average molecular weight is 405 g/mol. The third kappa shape index (κ3) is 7.01. The fourth-order valence-electron chi connectivity index (χ4n) is 2.58. The summed E-state index contributed by atoms with van der Waals surface area (Å²) in [6.07, 6.45) is 0. The molecule has 1 aromatic carbocycles. The summed E-state index contributed by atoms with van der Waals surface area (Å²) >= 11 is 1.27. The van der Waals surface area contributed by atoms with Gasteiger partial charge in [0.25, 0.3) is 0 Å². The number of hydrogen-bond acceptors (Lipinski definition) is 6. The second-order valence-corrected chi connectivity index (χ2v) is 7.80. The largest absolute Gasteiger partial charge is 0.360 e. The molecule has 0 saturated heterocycles. The minimum Gasteiger partial charge on any atom is -0.360 e. The van der Waals surface area contributed by atoms with Gasteiger partial charge < -0.3 is 15.2 Å². The molecular weight excluding hydrogens is 376 g/mol. The van der Waals surface area contributed by atoms with Crippen LogP contribution in [-0.4, -0.2) is 46.0 Å². The maximum atomic E-state index is 12.2. The molecule has 0 aliphatic carbocycles. The molecule has 2 N–H and O–H groups in total. The van der Waals surface area contributed by atoms with Gasteiger partial charge in [-0.25, -0.2) is 0 Å². The van der Waals surface area contributed by atoms with Crippen LogP contribution in [0.25, 0.3) is 0 Å². The first-order valence-corrected chi connectivity index (χ1v) is 10.4. The summed E-state index contributed by atoms with van der Waals surface area (Å²) in [6.45, 7) is 10.6. The van der Waals surface area contributed by atoms with Gasteiger partial charge in [0, 0.05) is 18.3 Å². The van der Waals surface area contributed by atoms with E-state index in [0.29, 0.717) is 11.6 Å². The van der Waals surface area contributed by atoms with E-state index in [4.69, 9.17) is 4.52 Å². The number of nitrogens with zero attached hydrogens (tertiary/aromatic N) is 2. The van der Waals surface area contributed by atoms with Gasteiger partial charge in [-0.05, 0) is 44.6 Å². The lowest BCUT2D eigenvalue weighted by atomic mass is 10.2. The molecule has 0 spiro atoms. The number of amides is 2. The second-order valence-electron chi connectivity index (χ2n) is 6.48. The van der Waals surface area contributed by atoms with E-state index in [1.807, 2.05) is 18.2 Å². The van der Waals surface area contributed by atoms with Crippen LogP contribution >= 0.6 is 11.8 Å². The summed E-state index contributed by atoms with van der Waals surface area (Å²) in [5.74, 6) is 0.837. The number of carbonyl (C=O) groups is 2. The van der Waals surface area contributed by atoms with Gasteiger partial charge in [-0.1, -0.05) is 31.1 Å². The number of anilines is 2. The van der Waals surface area contributed by atoms with Crippen molar-refractivity contribution >= 4 is 35.1 Å². The molecule has 0 fully saturated rings. The highest BCUT2D eigenvalue weighted by Crippen LogP contribution is 2.16. The highest BCUT2D eigenvalue weighted by atomic mass is 32.2. The number of aryl methyl sites for hydroxylation is 1. The number of thioether (sulfide) groups is 1. The van der Waals surface area contributed by atoms with Gasteiger partial charge in [0.15, 0.2) is 5.82 Å². The molecule has 152 valence electrons. The van der Waals surface area contributed by atoms with Gasteiger partial charge in [0.1, 0.15) is 5.76 Å². The molecule has 1 heterocycles. The van der Waals surface area contributed by atoms with Crippen LogP contribution in [0, 0.1) is 6.92 Å². The Kier molecular flexibility index (Phi) is 8.53. The van der Waals surface area contributed by atoms with Crippen molar-refractivity contribution in [3.8, 4) is 0 Å². The molecule has 1 atom stereocenters. The third-order valence-corrected chi connectivity index (χ3v) is 5.37. The van der Waals surface area contributed by atoms with Crippen LogP contribution < -0.4 is 10.6 Å². The Morgan fingerprint density at radius 1 is 1.21 bits per heavy atom. The van der Waals surface area contributed by atoms with Gasteiger partial charge in [-0.15, -0.1) is 11.8 Å². The van der Waals surface area contributed by atoms with Crippen molar-refractivity contribution in [1.29, 1.82) is 0 Å². The number of nitrogens with one attached hydrogen (secondary N) is 2. The molecule has 0 aliphatic rings. The van der Waals surface area contributed by atoms with Crippen molar-refractivity contribution < 1.29 is 14.1 Å².